The lowest BCUT2D eigenvalue weighted by molar-refractivity contribution is 0.606. The molecule has 0 saturated heterocycles. The van der Waals surface area contributed by atoms with E-state index in [1.165, 1.54) is 0 Å². The standard InChI is InChI=1S/C8H11N5/c1-6(12-9)7-4-11-13-3-2-10-5-8(7)13/h2-6,12H,9H2,1H3. The topological polar surface area (TPSA) is 68.2 Å². The second-order valence-corrected chi connectivity index (χ2v) is 2.89. The van der Waals surface area contributed by atoms with Crippen LogP contribution in [0.4, 0.5) is 0 Å². The SMILES string of the molecule is CC(NN)c1cnn2ccncc12. The van der Waals surface area contributed by atoms with E-state index in [0.29, 0.717) is 0 Å². The quantitative estimate of drug-likeness (QED) is 0.510. The first-order chi connectivity index (χ1) is 6.33. The summed E-state index contributed by atoms with van der Waals surface area (Å²) in [4.78, 5) is 4.03. The molecule has 0 aliphatic heterocycles. The zero-order valence-electron chi connectivity index (χ0n) is 7.31. The van der Waals surface area contributed by atoms with Crippen LogP contribution in [0.15, 0.2) is 24.8 Å². The van der Waals surface area contributed by atoms with Gasteiger partial charge in [-0.05, 0) is 6.92 Å². The van der Waals surface area contributed by atoms with Gasteiger partial charge in [-0.15, -0.1) is 0 Å². The van der Waals surface area contributed by atoms with Gasteiger partial charge in [-0.2, -0.15) is 5.10 Å². The van der Waals surface area contributed by atoms with Gasteiger partial charge in [0.15, 0.2) is 0 Å². The molecule has 5 nitrogen and oxygen atoms in total. The van der Waals surface area contributed by atoms with Gasteiger partial charge < -0.3 is 0 Å². The summed E-state index contributed by atoms with van der Waals surface area (Å²) in [6.07, 6.45) is 7.07. The van der Waals surface area contributed by atoms with Crippen molar-refractivity contribution in [1.29, 1.82) is 0 Å². The van der Waals surface area contributed by atoms with E-state index in [1.807, 2.05) is 13.1 Å². The molecule has 0 aliphatic carbocycles. The Labute approximate surface area is 75.5 Å². The number of rotatable bonds is 2. The predicted molar refractivity (Wildman–Crippen MR) is 48.7 cm³/mol. The highest BCUT2D eigenvalue weighted by molar-refractivity contribution is 5.52. The predicted octanol–water partition coefficient (Wildman–Crippen LogP) is 0.254. The zero-order chi connectivity index (χ0) is 9.26. The molecule has 68 valence electrons. The van der Waals surface area contributed by atoms with E-state index in [4.69, 9.17) is 5.84 Å². The minimum atomic E-state index is 0.0849. The van der Waals surface area contributed by atoms with E-state index in [9.17, 15) is 0 Å². The minimum absolute atomic E-state index is 0.0849. The number of hydrogen-bond donors (Lipinski definition) is 2. The van der Waals surface area contributed by atoms with Crippen LogP contribution >= 0.6 is 0 Å². The molecule has 0 saturated carbocycles. The molecule has 0 aliphatic rings. The van der Waals surface area contributed by atoms with Crippen LogP contribution in [0.3, 0.4) is 0 Å². The maximum atomic E-state index is 5.35. The van der Waals surface area contributed by atoms with Crippen LogP contribution in [-0.4, -0.2) is 14.6 Å². The van der Waals surface area contributed by atoms with Crippen LogP contribution in [0.2, 0.25) is 0 Å². The van der Waals surface area contributed by atoms with Crippen molar-refractivity contribution in [2.24, 2.45) is 5.84 Å². The van der Waals surface area contributed by atoms with Gasteiger partial charge in [0.1, 0.15) is 0 Å². The van der Waals surface area contributed by atoms with Crippen molar-refractivity contribution in [2.45, 2.75) is 13.0 Å². The second-order valence-electron chi connectivity index (χ2n) is 2.89. The smallest absolute Gasteiger partial charge is 0.0893 e. The summed E-state index contributed by atoms with van der Waals surface area (Å²) in [5.41, 5.74) is 4.71. The molecule has 2 aromatic heterocycles. The second kappa shape index (κ2) is 3.12. The van der Waals surface area contributed by atoms with E-state index in [0.717, 1.165) is 11.1 Å². The molecule has 1 unspecified atom stereocenters. The molecule has 2 aromatic rings. The van der Waals surface area contributed by atoms with E-state index in [2.05, 4.69) is 15.5 Å². The average molecular weight is 177 g/mol. The van der Waals surface area contributed by atoms with Crippen molar-refractivity contribution in [3.8, 4) is 0 Å². The third-order valence-corrected chi connectivity index (χ3v) is 2.07. The summed E-state index contributed by atoms with van der Waals surface area (Å²) in [5.74, 6) is 5.35. The number of aromatic nitrogens is 3. The summed E-state index contributed by atoms with van der Waals surface area (Å²) in [6.45, 7) is 1.98. The van der Waals surface area contributed by atoms with Crippen LogP contribution in [0, 0.1) is 0 Å². The largest absolute Gasteiger partial charge is 0.271 e. The lowest BCUT2D eigenvalue weighted by Gasteiger charge is -2.06. The number of nitrogens with two attached hydrogens (primary N) is 1. The minimum Gasteiger partial charge on any atom is -0.271 e. The van der Waals surface area contributed by atoms with Gasteiger partial charge in [-0.25, -0.2) is 4.52 Å². The Hall–Kier alpha value is -1.46. The molecule has 0 radical (unpaired) electrons. The third-order valence-electron chi connectivity index (χ3n) is 2.07. The number of hydrogen-bond acceptors (Lipinski definition) is 4. The molecule has 3 N–H and O–H groups in total. The fraction of sp³-hybridized carbons (Fsp3) is 0.250. The summed E-state index contributed by atoms with van der Waals surface area (Å²) < 4.78 is 1.77. The Kier molecular flexibility index (Phi) is 1.96. The van der Waals surface area contributed by atoms with Gasteiger partial charge in [0.05, 0.1) is 17.9 Å². The summed E-state index contributed by atoms with van der Waals surface area (Å²) >= 11 is 0. The molecule has 2 heterocycles. The highest BCUT2D eigenvalue weighted by atomic mass is 15.3. The van der Waals surface area contributed by atoms with Crippen molar-refractivity contribution < 1.29 is 0 Å². The van der Waals surface area contributed by atoms with Crippen molar-refractivity contribution in [3.63, 3.8) is 0 Å². The van der Waals surface area contributed by atoms with Gasteiger partial charge >= 0.3 is 0 Å². The van der Waals surface area contributed by atoms with E-state index >= 15 is 0 Å². The van der Waals surface area contributed by atoms with Crippen molar-refractivity contribution in [3.05, 3.63) is 30.4 Å². The molecule has 0 fully saturated rings. The van der Waals surface area contributed by atoms with E-state index < -0.39 is 0 Å². The molecule has 2 rings (SSSR count). The normalized spacial score (nSPS) is 13.4. The lowest BCUT2D eigenvalue weighted by atomic mass is 10.2. The fourth-order valence-corrected chi connectivity index (χ4v) is 1.28. The molecular formula is C8H11N5. The molecular weight excluding hydrogens is 166 g/mol. The first kappa shape index (κ1) is 8.15. The summed E-state index contributed by atoms with van der Waals surface area (Å²) in [5, 5.41) is 4.17. The van der Waals surface area contributed by atoms with Crippen molar-refractivity contribution >= 4 is 5.52 Å². The van der Waals surface area contributed by atoms with Gasteiger partial charge in [-0.3, -0.25) is 16.3 Å². The number of nitrogens with one attached hydrogen (secondary N) is 1. The Bertz CT molecular complexity index is 408. The van der Waals surface area contributed by atoms with Gasteiger partial charge in [0, 0.05) is 24.0 Å². The molecule has 13 heavy (non-hydrogen) atoms. The summed E-state index contributed by atoms with van der Waals surface area (Å²) in [7, 11) is 0. The highest BCUT2D eigenvalue weighted by Crippen LogP contribution is 2.16. The maximum Gasteiger partial charge on any atom is 0.0893 e. The Morgan fingerprint density at radius 2 is 2.38 bits per heavy atom. The Morgan fingerprint density at radius 1 is 1.54 bits per heavy atom. The van der Waals surface area contributed by atoms with Gasteiger partial charge in [0.25, 0.3) is 0 Å². The van der Waals surface area contributed by atoms with Crippen LogP contribution in [0.1, 0.15) is 18.5 Å². The van der Waals surface area contributed by atoms with Crippen LogP contribution < -0.4 is 11.3 Å². The van der Waals surface area contributed by atoms with Crippen molar-refractivity contribution in [1.82, 2.24) is 20.0 Å². The lowest BCUT2D eigenvalue weighted by Crippen LogP contribution is -2.25. The van der Waals surface area contributed by atoms with Crippen LogP contribution in [0.5, 0.6) is 0 Å². The molecule has 1 atom stereocenters. The fourth-order valence-electron chi connectivity index (χ4n) is 1.28. The molecule has 0 bridgehead atoms. The average Bonchev–Trinajstić information content (AvgIpc) is 2.60. The zero-order valence-corrected chi connectivity index (χ0v) is 7.31. The van der Waals surface area contributed by atoms with Crippen molar-refractivity contribution in [2.75, 3.05) is 0 Å². The van der Waals surface area contributed by atoms with E-state index in [1.54, 1.807) is 23.1 Å². The molecule has 5 heteroatoms. The number of nitrogens with zero attached hydrogens (tertiary/aromatic N) is 3. The number of fused-ring (bicyclic) bond motifs is 1. The van der Waals surface area contributed by atoms with Crippen LogP contribution in [-0.2, 0) is 0 Å². The number of hydrazine groups is 1. The Balaban J connectivity index is 2.57. The van der Waals surface area contributed by atoms with Gasteiger partial charge in [-0.1, -0.05) is 0 Å². The molecule has 0 aromatic carbocycles. The molecule has 0 amide bonds. The van der Waals surface area contributed by atoms with Crippen LogP contribution in [0.25, 0.3) is 5.52 Å². The summed E-state index contributed by atoms with van der Waals surface area (Å²) in [6, 6.07) is 0.0849. The first-order valence-electron chi connectivity index (χ1n) is 4.06. The Morgan fingerprint density at radius 3 is 3.15 bits per heavy atom. The van der Waals surface area contributed by atoms with Gasteiger partial charge in [0.2, 0.25) is 0 Å². The van der Waals surface area contributed by atoms with E-state index in [-0.39, 0.29) is 6.04 Å². The first-order valence-corrected chi connectivity index (χ1v) is 4.06. The third kappa shape index (κ3) is 1.28. The maximum absolute atomic E-state index is 5.35. The molecule has 0 spiro atoms. The monoisotopic (exact) mass is 177 g/mol. The highest BCUT2D eigenvalue weighted by Gasteiger charge is 2.09.